The molecule has 1 aromatic heterocycles. The van der Waals surface area contributed by atoms with E-state index in [1.807, 2.05) is 43.0 Å². The van der Waals surface area contributed by atoms with Crippen LogP contribution in [0.4, 0.5) is 24.5 Å². The van der Waals surface area contributed by atoms with Gasteiger partial charge in [-0.15, -0.1) is 0 Å². The molecule has 1 saturated heterocycles. The van der Waals surface area contributed by atoms with Crippen LogP contribution in [0.15, 0.2) is 67.0 Å². The average molecular weight is 539 g/mol. The lowest BCUT2D eigenvalue weighted by Gasteiger charge is -2.39. The lowest BCUT2D eigenvalue weighted by atomic mass is 9.86. The molecule has 3 aromatic rings. The maximum atomic E-state index is 13.9. The first-order chi connectivity index (χ1) is 18.5. The van der Waals surface area contributed by atoms with Gasteiger partial charge in [-0.2, -0.15) is 13.2 Å². The molecule has 2 aliphatic heterocycles. The molecule has 2 aliphatic rings. The van der Waals surface area contributed by atoms with Gasteiger partial charge in [0.1, 0.15) is 6.04 Å². The molecule has 1 fully saturated rings. The van der Waals surface area contributed by atoms with Crippen LogP contribution in [-0.4, -0.2) is 47.5 Å². The molecule has 0 bridgehead atoms. The number of rotatable bonds is 6. The van der Waals surface area contributed by atoms with Crippen molar-refractivity contribution in [1.82, 2.24) is 9.47 Å². The van der Waals surface area contributed by atoms with Crippen molar-refractivity contribution in [2.24, 2.45) is 0 Å². The third-order valence-electron chi connectivity index (χ3n) is 8.12. The van der Waals surface area contributed by atoms with Gasteiger partial charge in [-0.05, 0) is 56.0 Å². The van der Waals surface area contributed by atoms with E-state index in [0.29, 0.717) is 25.9 Å². The summed E-state index contributed by atoms with van der Waals surface area (Å²) in [7, 11) is 1.75. The number of benzene rings is 2. The first-order valence-corrected chi connectivity index (χ1v) is 13.2. The number of hydrogen-bond acceptors (Lipinski definition) is 3. The van der Waals surface area contributed by atoms with E-state index < -0.39 is 23.2 Å². The summed E-state index contributed by atoms with van der Waals surface area (Å²) < 4.78 is 43.0. The zero-order valence-electron chi connectivity index (χ0n) is 22.3. The molecule has 6 nitrogen and oxygen atoms in total. The topological polar surface area (TPSA) is 57.6 Å². The van der Waals surface area contributed by atoms with E-state index in [4.69, 9.17) is 0 Å². The Morgan fingerprint density at radius 1 is 1.05 bits per heavy atom. The molecule has 1 N–H and O–H groups in total. The van der Waals surface area contributed by atoms with Crippen LogP contribution in [0.5, 0.6) is 0 Å². The number of carbonyl (C=O) groups is 2. The minimum absolute atomic E-state index is 0.0450. The van der Waals surface area contributed by atoms with E-state index in [0.717, 1.165) is 23.0 Å². The van der Waals surface area contributed by atoms with Crippen LogP contribution in [0.2, 0.25) is 0 Å². The van der Waals surface area contributed by atoms with Crippen molar-refractivity contribution < 1.29 is 22.8 Å². The Kier molecular flexibility index (Phi) is 6.95. The van der Waals surface area contributed by atoms with Gasteiger partial charge in [0.25, 0.3) is 0 Å². The Morgan fingerprint density at radius 2 is 1.72 bits per heavy atom. The molecule has 0 aliphatic carbocycles. The molecule has 9 heteroatoms. The van der Waals surface area contributed by atoms with E-state index in [-0.39, 0.29) is 29.8 Å². The molecular weight excluding hydrogens is 505 g/mol. The van der Waals surface area contributed by atoms with Gasteiger partial charge in [-0.25, -0.2) is 0 Å². The molecule has 0 radical (unpaired) electrons. The van der Waals surface area contributed by atoms with Gasteiger partial charge in [0.05, 0.1) is 16.7 Å². The molecular formula is C30H33F3N4O2. The van der Waals surface area contributed by atoms with Gasteiger partial charge < -0.3 is 19.7 Å². The number of fused-ring (bicyclic) bond motifs is 1. The maximum absolute atomic E-state index is 13.9. The summed E-state index contributed by atoms with van der Waals surface area (Å²) in [6, 6.07) is 14.2. The van der Waals surface area contributed by atoms with E-state index in [9.17, 15) is 22.8 Å². The third-order valence-corrected chi connectivity index (χ3v) is 8.12. The molecule has 206 valence electrons. The fourth-order valence-electron chi connectivity index (χ4n) is 5.91. The molecule has 39 heavy (non-hydrogen) atoms. The molecule has 2 aromatic carbocycles. The summed E-state index contributed by atoms with van der Waals surface area (Å²) in [4.78, 5) is 30.9. The number of aromatic nitrogens is 1. The number of nitrogens with one attached hydrogen (secondary N) is 1. The first kappa shape index (κ1) is 26.8. The highest BCUT2D eigenvalue weighted by molar-refractivity contribution is 6.08. The Labute approximate surface area is 226 Å². The van der Waals surface area contributed by atoms with E-state index in [2.05, 4.69) is 5.32 Å². The van der Waals surface area contributed by atoms with Crippen LogP contribution in [0.1, 0.15) is 49.4 Å². The minimum Gasteiger partial charge on any atom is -0.387 e. The number of likely N-dealkylation sites (tertiary alicyclic amines) is 1. The SMILES string of the molecule is CNc1ccn([C@@H](Cc2ccccc2C(F)(F)F)C(=O)N2CCC(N3C(=O)C(C)(C)c4ccccc43)CC2)c1. The van der Waals surface area contributed by atoms with Crippen molar-refractivity contribution >= 4 is 23.2 Å². The van der Waals surface area contributed by atoms with Crippen LogP contribution in [0, 0.1) is 0 Å². The monoisotopic (exact) mass is 538 g/mol. The highest BCUT2D eigenvalue weighted by Gasteiger charge is 2.47. The second kappa shape index (κ2) is 10.1. The van der Waals surface area contributed by atoms with Crippen molar-refractivity contribution in [1.29, 1.82) is 0 Å². The van der Waals surface area contributed by atoms with Crippen LogP contribution < -0.4 is 10.2 Å². The second-order valence-corrected chi connectivity index (χ2v) is 10.8. The molecule has 0 spiro atoms. The van der Waals surface area contributed by atoms with Crippen LogP contribution >= 0.6 is 0 Å². The van der Waals surface area contributed by atoms with Gasteiger partial charge in [-0.3, -0.25) is 9.59 Å². The fourth-order valence-corrected chi connectivity index (χ4v) is 5.91. The quantitative estimate of drug-likeness (QED) is 0.442. The number of carbonyl (C=O) groups excluding carboxylic acids is 2. The van der Waals surface area contributed by atoms with Gasteiger partial charge in [-0.1, -0.05) is 36.4 Å². The second-order valence-electron chi connectivity index (χ2n) is 10.8. The highest BCUT2D eigenvalue weighted by atomic mass is 19.4. The highest BCUT2D eigenvalue weighted by Crippen LogP contribution is 2.44. The predicted octanol–water partition coefficient (Wildman–Crippen LogP) is 5.65. The zero-order valence-corrected chi connectivity index (χ0v) is 22.3. The number of para-hydroxylation sites is 1. The van der Waals surface area contributed by atoms with Crippen molar-refractivity contribution in [3.05, 3.63) is 83.7 Å². The van der Waals surface area contributed by atoms with Gasteiger partial charge >= 0.3 is 6.18 Å². The number of anilines is 2. The number of amides is 2. The Balaban J connectivity index is 1.37. The average Bonchev–Trinajstić information content (AvgIpc) is 3.48. The smallest absolute Gasteiger partial charge is 0.387 e. The molecule has 5 rings (SSSR count). The summed E-state index contributed by atoms with van der Waals surface area (Å²) in [6.07, 6.45) is 0.0647. The fraction of sp³-hybridized carbons (Fsp3) is 0.400. The van der Waals surface area contributed by atoms with E-state index >= 15 is 0 Å². The first-order valence-electron chi connectivity index (χ1n) is 13.2. The predicted molar refractivity (Wildman–Crippen MR) is 145 cm³/mol. The van der Waals surface area contributed by atoms with Crippen molar-refractivity contribution in [3.8, 4) is 0 Å². The molecule has 3 heterocycles. The van der Waals surface area contributed by atoms with E-state index in [1.165, 1.54) is 12.1 Å². The van der Waals surface area contributed by atoms with E-state index in [1.54, 1.807) is 41.0 Å². The Hall–Kier alpha value is -3.75. The third kappa shape index (κ3) is 4.90. The van der Waals surface area contributed by atoms with Gasteiger partial charge in [0, 0.05) is 50.7 Å². The maximum Gasteiger partial charge on any atom is 0.416 e. The van der Waals surface area contributed by atoms with Crippen LogP contribution in [0.25, 0.3) is 0 Å². The lowest BCUT2D eigenvalue weighted by molar-refractivity contribution is -0.140. The van der Waals surface area contributed by atoms with Gasteiger partial charge in [0.2, 0.25) is 11.8 Å². The molecule has 0 saturated carbocycles. The number of piperidine rings is 1. The Morgan fingerprint density at radius 3 is 2.38 bits per heavy atom. The standard InChI is InChI=1S/C30H33F3N4O2/c1-29(2)24-10-6-7-11-25(24)37(28(29)39)22-13-16-35(17-14-22)27(38)26(36-15-12-21(19-36)34-3)18-20-8-4-5-9-23(20)30(31,32)33/h4-12,15,19,22,26,34H,13-14,16-18H2,1-3H3/t26-/m0/s1. The van der Waals surface area contributed by atoms with Gasteiger partial charge in [0.15, 0.2) is 0 Å². The number of halogens is 3. The number of alkyl halides is 3. The van der Waals surface area contributed by atoms with Crippen molar-refractivity contribution in [3.63, 3.8) is 0 Å². The lowest BCUT2D eigenvalue weighted by Crippen LogP contribution is -2.51. The molecule has 0 unspecified atom stereocenters. The van der Waals surface area contributed by atoms with Crippen molar-refractivity contribution in [2.75, 3.05) is 30.4 Å². The van der Waals surface area contributed by atoms with Crippen LogP contribution in [-0.2, 0) is 27.6 Å². The molecule has 2 amide bonds. The summed E-state index contributed by atoms with van der Waals surface area (Å²) >= 11 is 0. The zero-order chi connectivity index (χ0) is 27.9. The summed E-state index contributed by atoms with van der Waals surface area (Å²) in [5.74, 6) is -0.167. The number of hydrogen-bond donors (Lipinski definition) is 1. The van der Waals surface area contributed by atoms with Crippen LogP contribution in [0.3, 0.4) is 0 Å². The summed E-state index contributed by atoms with van der Waals surface area (Å²) in [5.41, 5.74) is 1.44. The molecule has 1 atom stereocenters. The largest absolute Gasteiger partial charge is 0.416 e. The summed E-state index contributed by atoms with van der Waals surface area (Å²) in [5, 5.41) is 3.01. The van der Waals surface area contributed by atoms with Crippen molar-refractivity contribution in [2.45, 2.75) is 56.8 Å². The summed E-state index contributed by atoms with van der Waals surface area (Å²) in [6.45, 7) is 4.72. The number of nitrogens with zero attached hydrogens (tertiary/aromatic N) is 3. The Bertz CT molecular complexity index is 1370. The minimum atomic E-state index is -4.51. The normalized spacial score (nSPS) is 18.3.